The van der Waals surface area contributed by atoms with Gasteiger partial charge in [-0.15, -0.1) is 11.3 Å². The lowest BCUT2D eigenvalue weighted by Gasteiger charge is -2.35. The molecule has 7 heteroatoms. The number of hydrogen-bond acceptors (Lipinski definition) is 6. The van der Waals surface area contributed by atoms with Gasteiger partial charge in [0.2, 0.25) is 0 Å². The van der Waals surface area contributed by atoms with Gasteiger partial charge in [-0.2, -0.15) is 0 Å². The average Bonchev–Trinajstić information content (AvgIpc) is 3.35. The summed E-state index contributed by atoms with van der Waals surface area (Å²) in [4.78, 5) is 32.6. The average molecular weight is 491 g/mol. The molecule has 0 spiro atoms. The van der Waals surface area contributed by atoms with Crippen LogP contribution in [0.4, 0.5) is 5.69 Å². The normalized spacial score (nSPS) is 16.9. The Morgan fingerprint density at radius 1 is 1.17 bits per heavy atom. The molecule has 35 heavy (non-hydrogen) atoms. The van der Waals surface area contributed by atoms with Crippen molar-refractivity contribution in [3.8, 4) is 17.0 Å². The van der Waals surface area contributed by atoms with E-state index in [2.05, 4.69) is 12.1 Å². The number of benzene rings is 2. The SMILES string of the molecule is CCC(C(=O)OC1CCCCC1)N1C(=O)COc2ccc(-c3csc(Cc4ccccc4)n3)cc21. The topological polar surface area (TPSA) is 68.7 Å². The molecule has 5 rings (SSSR count). The monoisotopic (exact) mass is 490 g/mol. The highest BCUT2D eigenvalue weighted by Crippen LogP contribution is 2.38. The molecule has 2 aliphatic rings. The van der Waals surface area contributed by atoms with Crippen LogP contribution in [0.3, 0.4) is 0 Å². The molecule has 1 fully saturated rings. The van der Waals surface area contributed by atoms with E-state index in [1.54, 1.807) is 16.2 Å². The van der Waals surface area contributed by atoms with Crippen molar-refractivity contribution in [3.63, 3.8) is 0 Å². The van der Waals surface area contributed by atoms with Gasteiger partial charge >= 0.3 is 5.97 Å². The third kappa shape index (κ3) is 5.25. The number of hydrogen-bond donors (Lipinski definition) is 0. The largest absolute Gasteiger partial charge is 0.482 e. The van der Waals surface area contributed by atoms with Crippen molar-refractivity contribution in [1.29, 1.82) is 0 Å². The molecule has 6 nitrogen and oxygen atoms in total. The second-order valence-corrected chi connectivity index (χ2v) is 10.1. The number of esters is 1. The van der Waals surface area contributed by atoms with Crippen LogP contribution in [-0.4, -0.2) is 35.6 Å². The van der Waals surface area contributed by atoms with Crippen molar-refractivity contribution in [2.45, 2.75) is 64.0 Å². The number of fused-ring (bicyclic) bond motifs is 1. The van der Waals surface area contributed by atoms with Crippen LogP contribution in [0.25, 0.3) is 11.3 Å². The molecule has 1 amide bonds. The summed E-state index contributed by atoms with van der Waals surface area (Å²) in [6.45, 7) is 1.83. The van der Waals surface area contributed by atoms with E-state index in [0.29, 0.717) is 17.9 Å². The zero-order chi connectivity index (χ0) is 24.2. The Labute approximate surface area is 209 Å². The predicted octanol–water partition coefficient (Wildman–Crippen LogP) is 5.78. The summed E-state index contributed by atoms with van der Waals surface area (Å²) in [6, 6.07) is 15.3. The van der Waals surface area contributed by atoms with Gasteiger partial charge in [0.25, 0.3) is 5.91 Å². The van der Waals surface area contributed by atoms with Crippen LogP contribution in [0.2, 0.25) is 0 Å². The lowest BCUT2D eigenvalue weighted by atomic mass is 9.97. The summed E-state index contributed by atoms with van der Waals surface area (Å²) in [5, 5.41) is 3.06. The summed E-state index contributed by atoms with van der Waals surface area (Å²) in [7, 11) is 0. The number of rotatable bonds is 7. The van der Waals surface area contributed by atoms with E-state index < -0.39 is 6.04 Å². The number of thiazole rings is 1. The molecule has 0 radical (unpaired) electrons. The van der Waals surface area contributed by atoms with Crippen molar-refractivity contribution < 1.29 is 19.1 Å². The lowest BCUT2D eigenvalue weighted by molar-refractivity contribution is -0.153. The van der Waals surface area contributed by atoms with E-state index in [9.17, 15) is 9.59 Å². The van der Waals surface area contributed by atoms with Crippen molar-refractivity contribution in [3.05, 3.63) is 64.5 Å². The van der Waals surface area contributed by atoms with Gasteiger partial charge in [-0.1, -0.05) is 43.7 Å². The summed E-state index contributed by atoms with van der Waals surface area (Å²) in [6.07, 6.45) is 6.34. The highest BCUT2D eigenvalue weighted by Gasteiger charge is 2.37. The van der Waals surface area contributed by atoms with Crippen LogP contribution in [-0.2, 0) is 20.7 Å². The van der Waals surface area contributed by atoms with Crippen molar-refractivity contribution in [1.82, 2.24) is 4.98 Å². The van der Waals surface area contributed by atoms with Crippen LogP contribution < -0.4 is 9.64 Å². The third-order valence-electron chi connectivity index (χ3n) is 6.69. The highest BCUT2D eigenvalue weighted by atomic mass is 32.1. The minimum Gasteiger partial charge on any atom is -0.482 e. The fraction of sp³-hybridized carbons (Fsp3) is 0.393. The van der Waals surface area contributed by atoms with Crippen LogP contribution in [0.15, 0.2) is 53.9 Å². The number of anilines is 1. The van der Waals surface area contributed by atoms with Crippen LogP contribution in [0, 0.1) is 0 Å². The maximum absolute atomic E-state index is 13.2. The predicted molar refractivity (Wildman–Crippen MR) is 137 cm³/mol. The molecule has 182 valence electrons. The minimum absolute atomic E-state index is 0.0507. The van der Waals surface area contributed by atoms with Crippen molar-refractivity contribution in [2.24, 2.45) is 0 Å². The van der Waals surface area contributed by atoms with E-state index in [-0.39, 0.29) is 24.6 Å². The molecule has 1 aromatic heterocycles. The first kappa shape index (κ1) is 23.5. The number of carbonyl (C=O) groups is 2. The second kappa shape index (κ2) is 10.6. The number of aromatic nitrogens is 1. The Morgan fingerprint density at radius 3 is 2.74 bits per heavy atom. The van der Waals surface area contributed by atoms with E-state index in [1.165, 1.54) is 12.0 Å². The molecule has 1 saturated carbocycles. The number of nitrogens with zero attached hydrogens (tertiary/aromatic N) is 2. The Kier molecular flexibility index (Phi) is 7.13. The molecule has 2 aromatic carbocycles. The Balaban J connectivity index is 1.39. The first-order valence-corrected chi connectivity index (χ1v) is 13.3. The van der Waals surface area contributed by atoms with Gasteiger partial charge < -0.3 is 9.47 Å². The van der Waals surface area contributed by atoms with Gasteiger partial charge in [-0.25, -0.2) is 9.78 Å². The first-order chi connectivity index (χ1) is 17.1. The minimum atomic E-state index is -0.675. The summed E-state index contributed by atoms with van der Waals surface area (Å²) < 4.78 is 11.6. The van der Waals surface area contributed by atoms with Crippen molar-refractivity contribution >= 4 is 28.9 Å². The van der Waals surface area contributed by atoms with Crippen LogP contribution in [0.1, 0.15) is 56.0 Å². The Hall–Kier alpha value is -3.19. The smallest absolute Gasteiger partial charge is 0.329 e. The maximum atomic E-state index is 13.2. The summed E-state index contributed by atoms with van der Waals surface area (Å²) in [5.41, 5.74) is 3.55. The first-order valence-electron chi connectivity index (χ1n) is 12.4. The summed E-state index contributed by atoms with van der Waals surface area (Å²) >= 11 is 1.62. The second-order valence-electron chi connectivity index (χ2n) is 9.14. The molecule has 0 bridgehead atoms. The standard InChI is InChI=1S/C28H30N2O4S/c1-2-23(28(32)34-21-11-7-4-8-12-21)30-24-16-20(13-14-25(24)33-17-27(30)31)22-18-35-26(29-22)15-19-9-5-3-6-10-19/h3,5-6,9-10,13-14,16,18,21,23H,2,4,7-8,11-12,15,17H2,1H3. The molecule has 1 aliphatic heterocycles. The maximum Gasteiger partial charge on any atom is 0.329 e. The molecule has 0 saturated heterocycles. The van der Waals surface area contributed by atoms with Gasteiger partial charge in [0, 0.05) is 17.4 Å². The molecule has 2 heterocycles. The van der Waals surface area contributed by atoms with E-state index >= 15 is 0 Å². The number of carbonyl (C=O) groups excluding carboxylic acids is 2. The molecule has 1 atom stereocenters. The number of amides is 1. The van der Waals surface area contributed by atoms with Gasteiger partial charge in [-0.3, -0.25) is 9.69 Å². The van der Waals surface area contributed by atoms with E-state index in [4.69, 9.17) is 14.5 Å². The Morgan fingerprint density at radius 2 is 1.97 bits per heavy atom. The zero-order valence-corrected chi connectivity index (χ0v) is 20.8. The third-order valence-corrected chi connectivity index (χ3v) is 7.54. The van der Waals surface area contributed by atoms with Gasteiger partial charge in [0.15, 0.2) is 6.61 Å². The van der Waals surface area contributed by atoms with E-state index in [0.717, 1.165) is 48.4 Å². The van der Waals surface area contributed by atoms with E-state index in [1.807, 2.05) is 48.7 Å². The molecular formula is C28H30N2O4S. The van der Waals surface area contributed by atoms with Gasteiger partial charge in [0.05, 0.1) is 16.4 Å². The van der Waals surface area contributed by atoms with Gasteiger partial charge in [0.1, 0.15) is 17.9 Å². The molecular weight excluding hydrogens is 460 g/mol. The van der Waals surface area contributed by atoms with Crippen LogP contribution in [0.5, 0.6) is 5.75 Å². The van der Waals surface area contributed by atoms with Gasteiger partial charge in [-0.05, 0) is 55.9 Å². The fourth-order valence-electron chi connectivity index (χ4n) is 4.85. The lowest BCUT2D eigenvalue weighted by Crippen LogP contribution is -2.50. The fourth-order valence-corrected chi connectivity index (χ4v) is 5.69. The highest BCUT2D eigenvalue weighted by molar-refractivity contribution is 7.10. The number of ether oxygens (including phenoxy) is 2. The molecule has 1 unspecified atom stereocenters. The molecule has 3 aromatic rings. The Bertz CT molecular complexity index is 1190. The molecule has 0 N–H and O–H groups in total. The van der Waals surface area contributed by atoms with Crippen molar-refractivity contribution in [2.75, 3.05) is 11.5 Å². The summed E-state index contributed by atoms with van der Waals surface area (Å²) in [5.74, 6) is 0.0342. The quantitative estimate of drug-likeness (QED) is 0.393. The van der Waals surface area contributed by atoms with Crippen LogP contribution >= 0.6 is 11.3 Å². The zero-order valence-electron chi connectivity index (χ0n) is 19.9. The molecule has 1 aliphatic carbocycles.